The second-order valence-corrected chi connectivity index (χ2v) is 5.57. The topological polar surface area (TPSA) is 89.3 Å². The molecular formula is C16H22N4O3. The lowest BCUT2D eigenvalue weighted by atomic mass is 10.2. The van der Waals surface area contributed by atoms with Gasteiger partial charge >= 0.3 is 0 Å². The van der Waals surface area contributed by atoms with Gasteiger partial charge in [-0.05, 0) is 31.2 Å². The summed E-state index contributed by atoms with van der Waals surface area (Å²) >= 11 is 0. The minimum absolute atomic E-state index is 0.0341. The van der Waals surface area contributed by atoms with Crippen LogP contribution >= 0.6 is 0 Å². The average Bonchev–Trinajstić information content (AvgIpc) is 3.00. The number of benzene rings is 1. The number of aromatic nitrogens is 2. The maximum absolute atomic E-state index is 11.4. The molecule has 1 aromatic carbocycles. The SMILES string of the molecule is COCC(=O)Nc1ccc(NC(C)c2nc(C(C)C)no2)cc1. The molecule has 1 aromatic heterocycles. The number of nitrogens with one attached hydrogen (secondary N) is 2. The Labute approximate surface area is 135 Å². The molecule has 2 N–H and O–H groups in total. The Morgan fingerprint density at radius 2 is 1.87 bits per heavy atom. The van der Waals surface area contributed by atoms with Gasteiger partial charge < -0.3 is 19.9 Å². The van der Waals surface area contributed by atoms with Crippen molar-refractivity contribution in [2.75, 3.05) is 24.4 Å². The zero-order valence-electron chi connectivity index (χ0n) is 13.8. The number of anilines is 2. The molecule has 1 heterocycles. The number of nitrogens with zero attached hydrogens (tertiary/aromatic N) is 2. The van der Waals surface area contributed by atoms with E-state index in [1.165, 1.54) is 7.11 Å². The number of hydrogen-bond acceptors (Lipinski definition) is 6. The number of rotatable bonds is 7. The summed E-state index contributed by atoms with van der Waals surface area (Å²) in [7, 11) is 1.48. The predicted molar refractivity (Wildman–Crippen MR) is 87.4 cm³/mol. The molecule has 0 fully saturated rings. The van der Waals surface area contributed by atoms with Crippen LogP contribution in [0.2, 0.25) is 0 Å². The molecule has 0 bridgehead atoms. The van der Waals surface area contributed by atoms with Crippen molar-refractivity contribution in [3.63, 3.8) is 0 Å². The molecule has 124 valence electrons. The highest BCUT2D eigenvalue weighted by atomic mass is 16.5. The van der Waals surface area contributed by atoms with Crippen molar-refractivity contribution < 1.29 is 14.1 Å². The predicted octanol–water partition coefficient (Wildman–Crippen LogP) is 2.95. The van der Waals surface area contributed by atoms with E-state index >= 15 is 0 Å². The first-order chi connectivity index (χ1) is 11.0. The molecule has 0 aliphatic heterocycles. The minimum atomic E-state index is -0.186. The molecule has 2 aromatic rings. The Bertz CT molecular complexity index is 637. The number of amides is 1. The lowest BCUT2D eigenvalue weighted by Gasteiger charge is -2.12. The molecule has 0 aliphatic rings. The molecule has 7 nitrogen and oxygen atoms in total. The lowest BCUT2D eigenvalue weighted by molar-refractivity contribution is -0.119. The van der Waals surface area contributed by atoms with E-state index in [0.29, 0.717) is 17.4 Å². The number of carbonyl (C=O) groups is 1. The fraction of sp³-hybridized carbons (Fsp3) is 0.438. The van der Waals surface area contributed by atoms with Crippen LogP contribution in [-0.2, 0) is 9.53 Å². The first-order valence-electron chi connectivity index (χ1n) is 7.48. The summed E-state index contributed by atoms with van der Waals surface area (Å²) in [6.07, 6.45) is 0. The molecular weight excluding hydrogens is 296 g/mol. The van der Waals surface area contributed by atoms with E-state index in [0.717, 1.165) is 5.69 Å². The molecule has 1 unspecified atom stereocenters. The number of carbonyl (C=O) groups excluding carboxylic acids is 1. The Kier molecular flexibility index (Phi) is 5.70. The summed E-state index contributed by atoms with van der Waals surface area (Å²) in [6.45, 7) is 6.02. The van der Waals surface area contributed by atoms with Crippen LogP contribution in [0, 0.1) is 0 Å². The molecule has 0 radical (unpaired) electrons. The first kappa shape index (κ1) is 17.0. The molecule has 7 heteroatoms. The van der Waals surface area contributed by atoms with Gasteiger partial charge in [0.15, 0.2) is 5.82 Å². The molecule has 23 heavy (non-hydrogen) atoms. The highest BCUT2D eigenvalue weighted by Crippen LogP contribution is 2.21. The zero-order chi connectivity index (χ0) is 16.8. The van der Waals surface area contributed by atoms with Crippen LogP contribution in [0.4, 0.5) is 11.4 Å². The van der Waals surface area contributed by atoms with Gasteiger partial charge in [-0.25, -0.2) is 0 Å². The van der Waals surface area contributed by atoms with E-state index in [2.05, 4.69) is 20.8 Å². The second kappa shape index (κ2) is 7.73. The average molecular weight is 318 g/mol. The van der Waals surface area contributed by atoms with Crippen LogP contribution < -0.4 is 10.6 Å². The Morgan fingerprint density at radius 1 is 1.22 bits per heavy atom. The summed E-state index contributed by atoms with van der Waals surface area (Å²) in [5, 5.41) is 9.98. The normalized spacial score (nSPS) is 12.2. The molecule has 0 saturated heterocycles. The van der Waals surface area contributed by atoms with Crippen molar-refractivity contribution in [1.29, 1.82) is 0 Å². The van der Waals surface area contributed by atoms with Gasteiger partial charge in [0.05, 0.1) is 0 Å². The highest BCUT2D eigenvalue weighted by Gasteiger charge is 2.15. The largest absolute Gasteiger partial charge is 0.375 e. The molecule has 0 aliphatic carbocycles. The van der Waals surface area contributed by atoms with Gasteiger partial charge in [-0.15, -0.1) is 0 Å². The van der Waals surface area contributed by atoms with E-state index in [4.69, 9.17) is 9.26 Å². The van der Waals surface area contributed by atoms with Crippen molar-refractivity contribution in [2.45, 2.75) is 32.7 Å². The van der Waals surface area contributed by atoms with E-state index < -0.39 is 0 Å². The van der Waals surface area contributed by atoms with E-state index in [9.17, 15) is 4.79 Å². The Morgan fingerprint density at radius 3 is 2.43 bits per heavy atom. The third-order valence-corrected chi connectivity index (χ3v) is 3.17. The summed E-state index contributed by atoms with van der Waals surface area (Å²) < 4.78 is 10.0. The second-order valence-electron chi connectivity index (χ2n) is 5.57. The highest BCUT2D eigenvalue weighted by molar-refractivity contribution is 5.91. The van der Waals surface area contributed by atoms with E-state index in [-0.39, 0.29) is 24.5 Å². The maximum atomic E-state index is 11.4. The van der Waals surface area contributed by atoms with Gasteiger partial charge in [0.25, 0.3) is 0 Å². The summed E-state index contributed by atoms with van der Waals surface area (Å²) in [5.41, 5.74) is 1.61. The monoisotopic (exact) mass is 318 g/mol. The van der Waals surface area contributed by atoms with Crippen molar-refractivity contribution in [2.24, 2.45) is 0 Å². The first-order valence-corrected chi connectivity index (χ1v) is 7.48. The fourth-order valence-corrected chi connectivity index (χ4v) is 1.95. The molecule has 1 amide bonds. The zero-order valence-corrected chi connectivity index (χ0v) is 13.8. The maximum Gasteiger partial charge on any atom is 0.250 e. The van der Waals surface area contributed by atoms with Gasteiger partial charge in [0.2, 0.25) is 11.8 Å². The lowest BCUT2D eigenvalue weighted by Crippen LogP contribution is -2.17. The van der Waals surface area contributed by atoms with Crippen LogP contribution in [0.1, 0.15) is 44.4 Å². The van der Waals surface area contributed by atoms with Gasteiger partial charge in [-0.1, -0.05) is 19.0 Å². The fourth-order valence-electron chi connectivity index (χ4n) is 1.95. The third kappa shape index (κ3) is 4.79. The quantitative estimate of drug-likeness (QED) is 0.816. The van der Waals surface area contributed by atoms with Crippen molar-refractivity contribution in [3.8, 4) is 0 Å². The van der Waals surface area contributed by atoms with E-state index in [1.807, 2.05) is 45.0 Å². The van der Waals surface area contributed by atoms with Crippen molar-refractivity contribution in [3.05, 3.63) is 36.0 Å². The standard InChI is InChI=1S/C16H22N4O3/c1-10(2)15-19-16(23-20-15)11(3)17-12-5-7-13(8-6-12)18-14(21)9-22-4/h5-8,10-11,17H,9H2,1-4H3,(H,18,21). The number of methoxy groups -OCH3 is 1. The number of hydrogen-bond donors (Lipinski definition) is 2. The van der Waals surface area contributed by atoms with Crippen LogP contribution in [0.25, 0.3) is 0 Å². The van der Waals surface area contributed by atoms with Crippen molar-refractivity contribution >= 4 is 17.3 Å². The van der Waals surface area contributed by atoms with Gasteiger partial charge in [-0.3, -0.25) is 4.79 Å². The third-order valence-electron chi connectivity index (χ3n) is 3.17. The Hall–Kier alpha value is -2.41. The van der Waals surface area contributed by atoms with Crippen LogP contribution in [-0.4, -0.2) is 29.8 Å². The van der Waals surface area contributed by atoms with Gasteiger partial charge in [-0.2, -0.15) is 4.98 Å². The summed E-state index contributed by atoms with van der Waals surface area (Å²) in [4.78, 5) is 15.8. The smallest absolute Gasteiger partial charge is 0.250 e. The Balaban J connectivity index is 1.95. The molecule has 0 saturated carbocycles. The van der Waals surface area contributed by atoms with Crippen LogP contribution in [0.5, 0.6) is 0 Å². The summed E-state index contributed by atoms with van der Waals surface area (Å²) in [5.74, 6) is 1.29. The molecule has 2 rings (SSSR count). The van der Waals surface area contributed by atoms with Gasteiger partial charge in [0.1, 0.15) is 12.6 Å². The van der Waals surface area contributed by atoms with Crippen LogP contribution in [0.3, 0.4) is 0 Å². The van der Waals surface area contributed by atoms with Crippen LogP contribution in [0.15, 0.2) is 28.8 Å². The molecule has 0 spiro atoms. The van der Waals surface area contributed by atoms with E-state index in [1.54, 1.807) is 0 Å². The summed E-state index contributed by atoms with van der Waals surface area (Å²) in [6, 6.07) is 7.27. The van der Waals surface area contributed by atoms with Gasteiger partial charge in [0, 0.05) is 24.4 Å². The number of ether oxygens (including phenoxy) is 1. The van der Waals surface area contributed by atoms with Crippen molar-refractivity contribution in [1.82, 2.24) is 10.1 Å². The molecule has 1 atom stereocenters. The minimum Gasteiger partial charge on any atom is -0.375 e.